The van der Waals surface area contributed by atoms with Gasteiger partial charge in [0.05, 0.1) is 11.1 Å². The molecule has 0 fully saturated rings. The molecule has 5 nitrogen and oxygen atoms in total. The smallest absolute Gasteiger partial charge is 0.339 e. The van der Waals surface area contributed by atoms with Crippen LogP contribution in [0.1, 0.15) is 62.3 Å². The number of benzene rings is 2. The SMILES string of the molecule is CCCCc1nc2nc(Br)ccc2n1Cc1ccc(-c2ccccc2C(=O)OC(C)(C)C)cc1. The highest BCUT2D eigenvalue weighted by molar-refractivity contribution is 9.10. The normalized spacial score (nSPS) is 11.7. The number of hydrogen-bond donors (Lipinski definition) is 0. The first-order chi connectivity index (χ1) is 16.2. The summed E-state index contributed by atoms with van der Waals surface area (Å²) in [6.07, 6.45) is 3.13. The van der Waals surface area contributed by atoms with Crippen molar-refractivity contribution in [1.82, 2.24) is 14.5 Å². The second-order valence-electron chi connectivity index (χ2n) is 9.44. The number of carbonyl (C=O) groups excluding carboxylic acids is 1. The lowest BCUT2D eigenvalue weighted by atomic mass is 9.98. The largest absolute Gasteiger partial charge is 0.456 e. The number of esters is 1. The molecule has 176 valence electrons. The summed E-state index contributed by atoms with van der Waals surface area (Å²) in [5.74, 6) is 0.748. The molecule has 0 N–H and O–H groups in total. The zero-order valence-corrected chi connectivity index (χ0v) is 21.7. The summed E-state index contributed by atoms with van der Waals surface area (Å²) in [5, 5.41) is 0. The number of aryl methyl sites for hydroxylation is 1. The van der Waals surface area contributed by atoms with Crippen LogP contribution in [0.5, 0.6) is 0 Å². The van der Waals surface area contributed by atoms with E-state index in [-0.39, 0.29) is 5.97 Å². The average molecular weight is 520 g/mol. The maximum atomic E-state index is 12.8. The lowest BCUT2D eigenvalue weighted by molar-refractivity contribution is 0.00704. The molecule has 0 spiro atoms. The van der Waals surface area contributed by atoms with Crippen molar-refractivity contribution in [2.24, 2.45) is 0 Å². The van der Waals surface area contributed by atoms with Gasteiger partial charge >= 0.3 is 5.97 Å². The molecule has 0 amide bonds. The standard InChI is InChI=1S/C28H30BrN3O2/c1-5-6-11-25-31-26-23(16-17-24(29)30-26)32(25)18-19-12-14-20(15-13-19)21-9-7-8-10-22(21)27(33)34-28(2,3)4/h7-10,12-17H,5-6,11,18H2,1-4H3. The molecule has 0 aliphatic heterocycles. The van der Waals surface area contributed by atoms with Gasteiger partial charge in [-0.1, -0.05) is 55.8 Å². The Balaban J connectivity index is 1.63. The number of aromatic nitrogens is 3. The van der Waals surface area contributed by atoms with Crippen LogP contribution in [0.25, 0.3) is 22.3 Å². The Labute approximate surface area is 209 Å². The highest BCUT2D eigenvalue weighted by Crippen LogP contribution is 2.27. The molecule has 0 saturated heterocycles. The number of pyridine rings is 1. The van der Waals surface area contributed by atoms with Crippen molar-refractivity contribution in [3.05, 3.63) is 82.2 Å². The monoisotopic (exact) mass is 519 g/mol. The fourth-order valence-corrected chi connectivity index (χ4v) is 4.25. The summed E-state index contributed by atoms with van der Waals surface area (Å²) >= 11 is 3.45. The molecule has 4 rings (SSSR count). The number of hydrogen-bond acceptors (Lipinski definition) is 4. The first-order valence-corrected chi connectivity index (χ1v) is 12.5. The molecule has 0 bridgehead atoms. The minimum Gasteiger partial charge on any atom is -0.456 e. The van der Waals surface area contributed by atoms with Gasteiger partial charge < -0.3 is 9.30 Å². The summed E-state index contributed by atoms with van der Waals surface area (Å²) in [6.45, 7) is 8.55. The van der Waals surface area contributed by atoms with Crippen molar-refractivity contribution >= 4 is 33.1 Å². The van der Waals surface area contributed by atoms with Gasteiger partial charge in [-0.2, -0.15) is 0 Å². The fourth-order valence-electron chi connectivity index (χ4n) is 3.95. The summed E-state index contributed by atoms with van der Waals surface area (Å²) in [6, 6.07) is 20.0. The maximum absolute atomic E-state index is 12.8. The minimum atomic E-state index is -0.540. The van der Waals surface area contributed by atoms with E-state index in [0.29, 0.717) is 12.1 Å². The molecule has 0 unspecified atom stereocenters. The van der Waals surface area contributed by atoms with Gasteiger partial charge in [-0.25, -0.2) is 14.8 Å². The van der Waals surface area contributed by atoms with E-state index in [0.717, 1.165) is 52.0 Å². The average Bonchev–Trinajstić information content (AvgIpc) is 3.13. The Morgan fingerprint density at radius 1 is 1.00 bits per heavy atom. The Hall–Kier alpha value is -2.99. The minimum absolute atomic E-state index is 0.309. The van der Waals surface area contributed by atoms with Crippen molar-refractivity contribution in [3.8, 4) is 11.1 Å². The van der Waals surface area contributed by atoms with Crippen LogP contribution in [0.2, 0.25) is 0 Å². The van der Waals surface area contributed by atoms with Crippen LogP contribution in [-0.2, 0) is 17.7 Å². The Morgan fingerprint density at radius 2 is 1.74 bits per heavy atom. The zero-order chi connectivity index (χ0) is 24.3. The van der Waals surface area contributed by atoms with Gasteiger partial charge in [0.2, 0.25) is 0 Å². The van der Waals surface area contributed by atoms with E-state index in [1.54, 1.807) is 0 Å². The van der Waals surface area contributed by atoms with Crippen molar-refractivity contribution in [2.45, 2.75) is 59.1 Å². The van der Waals surface area contributed by atoms with Crippen LogP contribution in [0.4, 0.5) is 0 Å². The second-order valence-corrected chi connectivity index (χ2v) is 10.3. The second kappa shape index (κ2) is 10.1. The first kappa shape index (κ1) is 24.1. The third-order valence-electron chi connectivity index (χ3n) is 5.56. The highest BCUT2D eigenvalue weighted by atomic mass is 79.9. The first-order valence-electron chi connectivity index (χ1n) is 11.7. The van der Waals surface area contributed by atoms with Crippen LogP contribution < -0.4 is 0 Å². The summed E-state index contributed by atoms with van der Waals surface area (Å²) < 4.78 is 8.67. The number of fused-ring (bicyclic) bond motifs is 1. The van der Waals surface area contributed by atoms with Crippen molar-refractivity contribution in [3.63, 3.8) is 0 Å². The third-order valence-corrected chi connectivity index (χ3v) is 6.00. The van der Waals surface area contributed by atoms with Gasteiger partial charge in [0.25, 0.3) is 0 Å². The molecule has 0 atom stereocenters. The Bertz CT molecular complexity index is 1300. The van der Waals surface area contributed by atoms with Crippen LogP contribution in [0.15, 0.2) is 65.3 Å². The molecular weight excluding hydrogens is 490 g/mol. The molecule has 2 heterocycles. The summed E-state index contributed by atoms with van der Waals surface area (Å²) in [7, 11) is 0. The molecule has 4 aromatic rings. The predicted octanol–water partition coefficient (Wildman–Crippen LogP) is 7.21. The Morgan fingerprint density at radius 3 is 2.44 bits per heavy atom. The van der Waals surface area contributed by atoms with Crippen LogP contribution >= 0.6 is 15.9 Å². The molecule has 2 aromatic carbocycles. The number of halogens is 1. The molecule has 0 saturated carbocycles. The van der Waals surface area contributed by atoms with Crippen LogP contribution in [0.3, 0.4) is 0 Å². The van der Waals surface area contributed by atoms with E-state index < -0.39 is 5.60 Å². The molecule has 6 heteroatoms. The fraction of sp³-hybridized carbons (Fsp3) is 0.321. The number of rotatable bonds is 7. The number of ether oxygens (including phenoxy) is 1. The van der Waals surface area contributed by atoms with Crippen LogP contribution in [-0.4, -0.2) is 26.1 Å². The molecule has 0 aliphatic rings. The van der Waals surface area contributed by atoms with Gasteiger partial charge in [0.15, 0.2) is 5.65 Å². The number of imidazole rings is 1. The van der Waals surface area contributed by atoms with Gasteiger partial charge in [0, 0.05) is 13.0 Å². The van der Waals surface area contributed by atoms with Crippen molar-refractivity contribution in [2.75, 3.05) is 0 Å². The number of nitrogens with zero attached hydrogens (tertiary/aromatic N) is 3. The van der Waals surface area contributed by atoms with E-state index in [1.807, 2.05) is 51.1 Å². The molecule has 34 heavy (non-hydrogen) atoms. The van der Waals surface area contributed by atoms with E-state index in [4.69, 9.17) is 9.72 Å². The number of unbranched alkanes of at least 4 members (excludes halogenated alkanes) is 1. The van der Waals surface area contributed by atoms with Gasteiger partial charge in [-0.05, 0) is 78.0 Å². The quantitative estimate of drug-likeness (QED) is 0.191. The van der Waals surface area contributed by atoms with E-state index in [2.05, 4.69) is 62.7 Å². The molecule has 0 radical (unpaired) electrons. The third kappa shape index (κ3) is 5.55. The van der Waals surface area contributed by atoms with Gasteiger partial charge in [-0.3, -0.25) is 0 Å². The van der Waals surface area contributed by atoms with Crippen LogP contribution in [0, 0.1) is 0 Å². The summed E-state index contributed by atoms with van der Waals surface area (Å²) in [4.78, 5) is 22.1. The van der Waals surface area contributed by atoms with E-state index >= 15 is 0 Å². The number of carbonyl (C=O) groups is 1. The molecule has 2 aromatic heterocycles. The van der Waals surface area contributed by atoms with Gasteiger partial charge in [0.1, 0.15) is 16.0 Å². The molecular formula is C28H30BrN3O2. The van der Waals surface area contributed by atoms with Crippen molar-refractivity contribution in [1.29, 1.82) is 0 Å². The zero-order valence-electron chi connectivity index (χ0n) is 20.1. The Kier molecular flexibility index (Phi) is 7.17. The van der Waals surface area contributed by atoms with Gasteiger partial charge in [-0.15, -0.1) is 0 Å². The summed E-state index contributed by atoms with van der Waals surface area (Å²) in [5.41, 5.74) is 4.85. The lowest BCUT2D eigenvalue weighted by Crippen LogP contribution is -2.24. The van der Waals surface area contributed by atoms with E-state index in [1.165, 1.54) is 5.56 Å². The lowest BCUT2D eigenvalue weighted by Gasteiger charge is -2.20. The highest BCUT2D eigenvalue weighted by Gasteiger charge is 2.20. The van der Waals surface area contributed by atoms with E-state index in [9.17, 15) is 4.79 Å². The van der Waals surface area contributed by atoms with Crippen molar-refractivity contribution < 1.29 is 9.53 Å². The maximum Gasteiger partial charge on any atom is 0.339 e. The topological polar surface area (TPSA) is 57.0 Å². The predicted molar refractivity (Wildman–Crippen MR) is 140 cm³/mol. The molecule has 0 aliphatic carbocycles.